The summed E-state index contributed by atoms with van der Waals surface area (Å²) in [5, 5.41) is 9.07. The molecule has 0 radical (unpaired) electrons. The average molecular weight is 235 g/mol. The molecule has 4 nitrogen and oxygen atoms in total. The summed E-state index contributed by atoms with van der Waals surface area (Å²) in [5.41, 5.74) is 7.97. The zero-order valence-electron chi connectivity index (χ0n) is 10.3. The average Bonchev–Trinajstić information content (AvgIpc) is 3.19. The Morgan fingerprint density at radius 1 is 1.53 bits per heavy atom. The highest BCUT2D eigenvalue weighted by atomic mass is 16.3. The molecule has 94 valence electrons. The summed E-state index contributed by atoms with van der Waals surface area (Å²) in [7, 11) is 0. The van der Waals surface area contributed by atoms with E-state index in [9.17, 15) is 0 Å². The molecule has 2 rings (SSSR count). The molecule has 1 saturated carbocycles. The van der Waals surface area contributed by atoms with Gasteiger partial charge in [-0.3, -0.25) is 4.98 Å². The topological polar surface area (TPSA) is 62.4 Å². The van der Waals surface area contributed by atoms with Crippen molar-refractivity contribution in [3.05, 3.63) is 24.0 Å². The van der Waals surface area contributed by atoms with Gasteiger partial charge in [0.1, 0.15) is 0 Å². The molecule has 1 atom stereocenters. The minimum Gasteiger partial charge on any atom is -0.395 e. The van der Waals surface area contributed by atoms with Crippen LogP contribution < -0.4 is 10.6 Å². The van der Waals surface area contributed by atoms with Crippen LogP contribution in [0.25, 0.3) is 0 Å². The number of pyridine rings is 1. The fraction of sp³-hybridized carbons (Fsp3) is 0.615. The van der Waals surface area contributed by atoms with E-state index in [2.05, 4.69) is 22.9 Å². The molecule has 0 aromatic carbocycles. The van der Waals surface area contributed by atoms with Crippen LogP contribution in [-0.2, 0) is 0 Å². The second-order valence-corrected chi connectivity index (χ2v) is 4.60. The van der Waals surface area contributed by atoms with E-state index in [1.54, 1.807) is 0 Å². The summed E-state index contributed by atoms with van der Waals surface area (Å²) in [5.74, 6) is 0. The van der Waals surface area contributed by atoms with Gasteiger partial charge >= 0.3 is 0 Å². The Labute approximate surface area is 102 Å². The highest BCUT2D eigenvalue weighted by molar-refractivity contribution is 5.47. The van der Waals surface area contributed by atoms with Crippen LogP contribution in [0.2, 0.25) is 0 Å². The Kier molecular flexibility index (Phi) is 3.97. The summed E-state index contributed by atoms with van der Waals surface area (Å²) in [6.07, 6.45) is 5.21. The number of hydrogen-bond donors (Lipinski definition) is 2. The molecular weight excluding hydrogens is 214 g/mol. The third-order valence-electron chi connectivity index (χ3n) is 3.25. The summed E-state index contributed by atoms with van der Waals surface area (Å²) >= 11 is 0. The van der Waals surface area contributed by atoms with Gasteiger partial charge < -0.3 is 15.7 Å². The van der Waals surface area contributed by atoms with Gasteiger partial charge in [0.05, 0.1) is 24.2 Å². The number of anilines is 1. The molecule has 0 aliphatic heterocycles. The van der Waals surface area contributed by atoms with E-state index in [1.807, 2.05) is 12.3 Å². The molecule has 1 aromatic rings. The van der Waals surface area contributed by atoms with Gasteiger partial charge in [0, 0.05) is 18.6 Å². The molecule has 4 heteroatoms. The minimum absolute atomic E-state index is 0.0243. The summed E-state index contributed by atoms with van der Waals surface area (Å²) in [6.45, 7) is 2.93. The molecule has 0 unspecified atom stereocenters. The maximum absolute atomic E-state index is 9.07. The van der Waals surface area contributed by atoms with E-state index in [4.69, 9.17) is 10.8 Å². The number of aliphatic hydroxyl groups excluding tert-OH is 1. The van der Waals surface area contributed by atoms with Crippen LogP contribution in [0.5, 0.6) is 0 Å². The molecule has 17 heavy (non-hydrogen) atoms. The molecule has 1 aliphatic carbocycles. The van der Waals surface area contributed by atoms with Crippen molar-refractivity contribution in [2.75, 3.05) is 18.1 Å². The number of aliphatic hydroxyl groups is 1. The van der Waals surface area contributed by atoms with Crippen LogP contribution in [0, 0.1) is 0 Å². The van der Waals surface area contributed by atoms with Gasteiger partial charge in [0.15, 0.2) is 0 Å². The lowest BCUT2D eigenvalue weighted by molar-refractivity contribution is 0.301. The molecule has 0 bridgehead atoms. The number of nitrogens with zero attached hydrogens (tertiary/aromatic N) is 2. The number of rotatable bonds is 6. The van der Waals surface area contributed by atoms with E-state index < -0.39 is 0 Å². The Morgan fingerprint density at radius 2 is 2.29 bits per heavy atom. The van der Waals surface area contributed by atoms with Crippen molar-refractivity contribution in [2.24, 2.45) is 5.73 Å². The number of aromatic nitrogens is 1. The van der Waals surface area contributed by atoms with Crippen molar-refractivity contribution >= 4 is 5.69 Å². The maximum Gasteiger partial charge on any atom is 0.0606 e. The van der Waals surface area contributed by atoms with Gasteiger partial charge in [-0.25, -0.2) is 0 Å². The lowest BCUT2D eigenvalue weighted by Crippen LogP contribution is -2.29. The smallest absolute Gasteiger partial charge is 0.0606 e. The first-order valence-electron chi connectivity index (χ1n) is 6.35. The van der Waals surface area contributed by atoms with Gasteiger partial charge in [-0.2, -0.15) is 0 Å². The van der Waals surface area contributed by atoms with E-state index in [0.717, 1.165) is 17.8 Å². The van der Waals surface area contributed by atoms with Crippen LogP contribution in [0.15, 0.2) is 18.3 Å². The van der Waals surface area contributed by atoms with E-state index in [-0.39, 0.29) is 12.6 Å². The molecule has 0 saturated heterocycles. The zero-order chi connectivity index (χ0) is 12.3. The first-order valence-corrected chi connectivity index (χ1v) is 6.35. The van der Waals surface area contributed by atoms with Crippen molar-refractivity contribution in [2.45, 2.75) is 38.3 Å². The van der Waals surface area contributed by atoms with Crippen molar-refractivity contribution in [3.8, 4) is 0 Å². The van der Waals surface area contributed by atoms with Crippen LogP contribution in [0.3, 0.4) is 0 Å². The predicted molar refractivity (Wildman–Crippen MR) is 68.9 cm³/mol. The molecule has 1 aromatic heterocycles. The lowest BCUT2D eigenvalue weighted by atomic mass is 10.1. The molecule has 3 N–H and O–H groups in total. The van der Waals surface area contributed by atoms with Gasteiger partial charge in [-0.05, 0) is 31.4 Å². The van der Waals surface area contributed by atoms with Gasteiger partial charge in [-0.15, -0.1) is 0 Å². The number of hydrogen-bond acceptors (Lipinski definition) is 4. The Bertz CT molecular complexity index is 348. The standard InChI is InChI=1S/C13H21N3O/c1-2-12(14)13-6-5-11(9-15-13)16(7-8-17)10-3-4-10/h5-6,9-10,12,17H,2-4,7-8,14H2,1H3/t12-/m1/s1. The monoisotopic (exact) mass is 235 g/mol. The van der Waals surface area contributed by atoms with Crippen molar-refractivity contribution in [1.82, 2.24) is 4.98 Å². The largest absolute Gasteiger partial charge is 0.395 e. The first-order chi connectivity index (χ1) is 8.26. The number of nitrogens with two attached hydrogens (primary N) is 1. The summed E-state index contributed by atoms with van der Waals surface area (Å²) in [6, 6.07) is 4.67. The summed E-state index contributed by atoms with van der Waals surface area (Å²) in [4.78, 5) is 6.64. The quantitative estimate of drug-likeness (QED) is 0.783. The summed E-state index contributed by atoms with van der Waals surface area (Å²) < 4.78 is 0. The van der Waals surface area contributed by atoms with Gasteiger partial charge in [0.2, 0.25) is 0 Å². The maximum atomic E-state index is 9.07. The molecule has 1 aliphatic rings. The molecular formula is C13H21N3O. The van der Waals surface area contributed by atoms with Crippen LogP contribution in [0.4, 0.5) is 5.69 Å². The zero-order valence-corrected chi connectivity index (χ0v) is 10.3. The normalized spacial score (nSPS) is 16.9. The van der Waals surface area contributed by atoms with Crippen LogP contribution in [-0.4, -0.2) is 29.3 Å². The molecule has 0 amide bonds. The third-order valence-corrected chi connectivity index (χ3v) is 3.25. The first kappa shape index (κ1) is 12.3. The predicted octanol–water partition coefficient (Wildman–Crippen LogP) is 1.45. The van der Waals surface area contributed by atoms with Gasteiger partial charge in [0.25, 0.3) is 0 Å². The second kappa shape index (κ2) is 5.47. The van der Waals surface area contributed by atoms with E-state index in [0.29, 0.717) is 12.6 Å². The minimum atomic E-state index is 0.0243. The second-order valence-electron chi connectivity index (χ2n) is 4.60. The van der Waals surface area contributed by atoms with Crippen molar-refractivity contribution in [1.29, 1.82) is 0 Å². The highest BCUT2D eigenvalue weighted by Crippen LogP contribution is 2.31. The molecule has 1 heterocycles. The Morgan fingerprint density at radius 3 is 2.76 bits per heavy atom. The SMILES string of the molecule is CC[C@@H](N)c1ccc(N(CCO)C2CC2)cn1. The van der Waals surface area contributed by atoms with E-state index in [1.165, 1.54) is 12.8 Å². The Hall–Kier alpha value is -1.13. The van der Waals surface area contributed by atoms with E-state index >= 15 is 0 Å². The Balaban J connectivity index is 2.09. The lowest BCUT2D eigenvalue weighted by Gasteiger charge is -2.23. The third kappa shape index (κ3) is 2.96. The highest BCUT2D eigenvalue weighted by Gasteiger charge is 2.28. The van der Waals surface area contributed by atoms with Crippen molar-refractivity contribution < 1.29 is 5.11 Å². The van der Waals surface area contributed by atoms with Crippen LogP contribution >= 0.6 is 0 Å². The van der Waals surface area contributed by atoms with Gasteiger partial charge in [-0.1, -0.05) is 6.92 Å². The van der Waals surface area contributed by atoms with Crippen molar-refractivity contribution in [3.63, 3.8) is 0 Å². The molecule has 1 fully saturated rings. The van der Waals surface area contributed by atoms with Crippen LogP contribution in [0.1, 0.15) is 37.9 Å². The fourth-order valence-electron chi connectivity index (χ4n) is 2.01. The molecule has 0 spiro atoms. The fourth-order valence-corrected chi connectivity index (χ4v) is 2.01.